The molecular weight excluding hydrogens is 265 g/mol. The van der Waals surface area contributed by atoms with Crippen molar-refractivity contribution >= 4 is 13.0 Å². The van der Waals surface area contributed by atoms with E-state index in [4.69, 9.17) is 9.31 Å². The maximum absolute atomic E-state index is 12.0. The molecule has 0 aromatic carbocycles. The highest BCUT2D eigenvalue weighted by molar-refractivity contribution is 6.54. The van der Waals surface area contributed by atoms with Crippen LogP contribution in [0.15, 0.2) is 11.5 Å². The quantitative estimate of drug-likeness (QED) is 0.748. The van der Waals surface area contributed by atoms with Crippen LogP contribution in [-0.2, 0) is 14.1 Å². The first kappa shape index (κ1) is 16.6. The minimum atomic E-state index is -0.299. The number of hydrogen-bond acceptors (Lipinski definition) is 3. The molecule has 1 amide bonds. The summed E-state index contributed by atoms with van der Waals surface area (Å²) in [4.78, 5) is 14.0. The predicted octanol–water partition coefficient (Wildman–Crippen LogP) is 2.97. The van der Waals surface area contributed by atoms with Crippen LogP contribution >= 0.6 is 0 Å². The Bertz CT molecular complexity index is 415. The maximum atomic E-state index is 12.0. The third kappa shape index (κ3) is 3.51. The lowest BCUT2D eigenvalue weighted by molar-refractivity contribution is -0.131. The van der Waals surface area contributed by atoms with Crippen LogP contribution in [0, 0.1) is 0 Å². The Hall–Kier alpha value is -0.805. The molecule has 5 heteroatoms. The second-order valence-electron chi connectivity index (χ2n) is 7.06. The summed E-state index contributed by atoms with van der Waals surface area (Å²) in [6.07, 6.45) is 5.65. The van der Waals surface area contributed by atoms with Gasteiger partial charge in [0.1, 0.15) is 0 Å². The molecule has 2 aliphatic heterocycles. The Labute approximate surface area is 129 Å². The molecule has 0 atom stereocenters. The molecule has 118 valence electrons. The third-order valence-electron chi connectivity index (χ3n) is 4.90. The molecule has 21 heavy (non-hydrogen) atoms. The number of unbranched alkanes of at least 4 members (excludes halogenated alkanes) is 1. The first-order valence-electron chi connectivity index (χ1n) is 8.09. The number of carbonyl (C=O) groups excluding carboxylic acids is 1. The van der Waals surface area contributed by atoms with Gasteiger partial charge in [-0.1, -0.05) is 19.4 Å². The summed E-state index contributed by atoms with van der Waals surface area (Å²) >= 11 is 0. The smallest absolute Gasteiger partial charge is 0.400 e. The SMILES string of the molecule is CCCCC(=O)N1CC=C(B2OC(C)(C)C(C)(C)O2)CC1. The molecule has 0 aromatic heterocycles. The van der Waals surface area contributed by atoms with Crippen molar-refractivity contribution in [1.82, 2.24) is 4.90 Å². The average Bonchev–Trinajstić information content (AvgIpc) is 2.65. The lowest BCUT2D eigenvalue weighted by atomic mass is 9.74. The van der Waals surface area contributed by atoms with Gasteiger partial charge in [0.05, 0.1) is 11.2 Å². The van der Waals surface area contributed by atoms with Crippen LogP contribution in [0.4, 0.5) is 0 Å². The zero-order valence-electron chi connectivity index (χ0n) is 14.1. The van der Waals surface area contributed by atoms with E-state index in [0.717, 1.165) is 25.8 Å². The molecule has 1 fully saturated rings. The third-order valence-corrected chi connectivity index (χ3v) is 4.90. The summed E-state index contributed by atoms with van der Waals surface area (Å²) in [7, 11) is -0.261. The van der Waals surface area contributed by atoms with Crippen molar-refractivity contribution in [2.45, 2.75) is 71.5 Å². The summed E-state index contributed by atoms with van der Waals surface area (Å²) in [5.41, 5.74) is 0.576. The van der Waals surface area contributed by atoms with Crippen molar-refractivity contribution in [2.24, 2.45) is 0 Å². The Morgan fingerprint density at radius 2 is 1.90 bits per heavy atom. The van der Waals surface area contributed by atoms with Crippen molar-refractivity contribution in [3.05, 3.63) is 11.5 Å². The standard InChI is InChI=1S/C16H28BNO3/c1-6-7-8-14(19)18-11-9-13(10-12-18)17-20-15(2,3)16(4,5)21-17/h9H,6-8,10-12H2,1-5H3. The van der Waals surface area contributed by atoms with E-state index >= 15 is 0 Å². The normalized spacial score (nSPS) is 24.1. The van der Waals surface area contributed by atoms with Crippen LogP contribution in [0.25, 0.3) is 0 Å². The molecule has 2 aliphatic rings. The number of amides is 1. The molecule has 1 saturated heterocycles. The van der Waals surface area contributed by atoms with Gasteiger partial charge in [-0.3, -0.25) is 4.79 Å². The summed E-state index contributed by atoms with van der Waals surface area (Å²) in [6, 6.07) is 0. The van der Waals surface area contributed by atoms with Crippen LogP contribution < -0.4 is 0 Å². The molecule has 0 bridgehead atoms. The minimum Gasteiger partial charge on any atom is -0.400 e. The van der Waals surface area contributed by atoms with Crippen LogP contribution in [-0.4, -0.2) is 42.2 Å². The lowest BCUT2D eigenvalue weighted by Gasteiger charge is -2.32. The molecule has 2 heterocycles. The van der Waals surface area contributed by atoms with Gasteiger partial charge in [-0.05, 0) is 46.0 Å². The van der Waals surface area contributed by atoms with E-state index in [2.05, 4.69) is 40.7 Å². The topological polar surface area (TPSA) is 38.8 Å². The van der Waals surface area contributed by atoms with E-state index in [1.807, 2.05) is 4.90 Å². The van der Waals surface area contributed by atoms with Gasteiger partial charge in [0, 0.05) is 19.5 Å². The van der Waals surface area contributed by atoms with Crippen LogP contribution in [0.3, 0.4) is 0 Å². The molecule has 0 aliphatic carbocycles. The van der Waals surface area contributed by atoms with Crippen molar-refractivity contribution in [1.29, 1.82) is 0 Å². The van der Waals surface area contributed by atoms with E-state index in [0.29, 0.717) is 13.0 Å². The molecule has 2 rings (SSSR count). The van der Waals surface area contributed by atoms with Gasteiger partial charge < -0.3 is 14.2 Å². The Morgan fingerprint density at radius 1 is 1.29 bits per heavy atom. The fourth-order valence-electron chi connectivity index (χ4n) is 2.61. The van der Waals surface area contributed by atoms with Gasteiger partial charge in [0.2, 0.25) is 5.91 Å². The highest BCUT2D eigenvalue weighted by atomic mass is 16.7. The largest absolute Gasteiger partial charge is 0.490 e. The first-order valence-corrected chi connectivity index (χ1v) is 8.09. The van der Waals surface area contributed by atoms with E-state index in [9.17, 15) is 4.79 Å². The van der Waals surface area contributed by atoms with Gasteiger partial charge in [0.25, 0.3) is 0 Å². The summed E-state index contributed by atoms with van der Waals surface area (Å²) in [5, 5.41) is 0. The molecule has 0 unspecified atom stereocenters. The average molecular weight is 293 g/mol. The molecular formula is C16H28BNO3. The number of nitrogens with zero attached hydrogens (tertiary/aromatic N) is 1. The molecule has 0 radical (unpaired) electrons. The second-order valence-corrected chi connectivity index (χ2v) is 7.06. The van der Waals surface area contributed by atoms with E-state index in [1.54, 1.807) is 0 Å². The Kier molecular flexibility index (Phi) is 4.84. The summed E-state index contributed by atoms with van der Waals surface area (Å²) < 4.78 is 12.1. The lowest BCUT2D eigenvalue weighted by Crippen LogP contribution is -2.41. The highest BCUT2D eigenvalue weighted by Gasteiger charge is 2.52. The van der Waals surface area contributed by atoms with Gasteiger partial charge in [-0.2, -0.15) is 0 Å². The summed E-state index contributed by atoms with van der Waals surface area (Å²) in [6.45, 7) is 11.8. The molecule has 0 N–H and O–H groups in total. The number of rotatable bonds is 4. The van der Waals surface area contributed by atoms with Crippen molar-refractivity contribution in [3.8, 4) is 0 Å². The van der Waals surface area contributed by atoms with Gasteiger partial charge in [0.15, 0.2) is 0 Å². The summed E-state index contributed by atoms with van der Waals surface area (Å²) in [5.74, 6) is 0.265. The highest BCUT2D eigenvalue weighted by Crippen LogP contribution is 2.39. The van der Waals surface area contributed by atoms with E-state index in [1.165, 1.54) is 5.47 Å². The van der Waals surface area contributed by atoms with E-state index in [-0.39, 0.29) is 24.2 Å². The number of carbonyl (C=O) groups is 1. The van der Waals surface area contributed by atoms with Crippen LogP contribution in [0.2, 0.25) is 0 Å². The molecule has 0 aromatic rings. The fourth-order valence-corrected chi connectivity index (χ4v) is 2.61. The molecule has 0 saturated carbocycles. The Morgan fingerprint density at radius 3 is 2.38 bits per heavy atom. The fraction of sp³-hybridized carbons (Fsp3) is 0.812. The zero-order valence-corrected chi connectivity index (χ0v) is 14.1. The van der Waals surface area contributed by atoms with Crippen LogP contribution in [0.5, 0.6) is 0 Å². The Balaban J connectivity index is 1.94. The molecule has 4 nitrogen and oxygen atoms in total. The monoisotopic (exact) mass is 293 g/mol. The maximum Gasteiger partial charge on any atom is 0.490 e. The number of hydrogen-bond donors (Lipinski definition) is 0. The van der Waals surface area contributed by atoms with Crippen molar-refractivity contribution in [2.75, 3.05) is 13.1 Å². The molecule has 0 spiro atoms. The predicted molar refractivity (Wildman–Crippen MR) is 84.9 cm³/mol. The van der Waals surface area contributed by atoms with Crippen molar-refractivity contribution in [3.63, 3.8) is 0 Å². The van der Waals surface area contributed by atoms with Gasteiger partial charge in [-0.25, -0.2) is 0 Å². The van der Waals surface area contributed by atoms with Gasteiger partial charge >= 0.3 is 7.12 Å². The van der Waals surface area contributed by atoms with Gasteiger partial charge in [-0.15, -0.1) is 0 Å². The first-order chi connectivity index (χ1) is 9.77. The second kappa shape index (κ2) is 6.13. The minimum absolute atomic E-state index is 0.261. The van der Waals surface area contributed by atoms with Crippen molar-refractivity contribution < 1.29 is 14.1 Å². The zero-order chi connectivity index (χ0) is 15.7. The van der Waals surface area contributed by atoms with Crippen LogP contribution in [0.1, 0.15) is 60.3 Å². The van der Waals surface area contributed by atoms with E-state index < -0.39 is 0 Å².